The molecular weight excluding hydrogens is 562 g/mol. The number of rotatable bonds is 15. The molecule has 2 fully saturated rings. The lowest BCUT2D eigenvalue weighted by atomic mass is 9.92. The third-order valence-corrected chi connectivity index (χ3v) is 8.69. The van der Waals surface area contributed by atoms with Crippen molar-refractivity contribution in [3.63, 3.8) is 0 Å². The molecular formula is C39H45NO5. The molecule has 236 valence electrons. The van der Waals surface area contributed by atoms with Crippen LogP contribution in [0, 0.1) is 0 Å². The molecule has 0 N–H and O–H groups in total. The first-order valence-corrected chi connectivity index (χ1v) is 16.3. The van der Waals surface area contributed by atoms with Crippen molar-refractivity contribution in [1.82, 2.24) is 4.90 Å². The number of ether oxygens (including phenoxy) is 5. The summed E-state index contributed by atoms with van der Waals surface area (Å²) in [4.78, 5) is 2.48. The third kappa shape index (κ3) is 9.33. The molecule has 5 atom stereocenters. The van der Waals surface area contributed by atoms with Gasteiger partial charge in [-0.3, -0.25) is 4.90 Å². The Balaban J connectivity index is 1.28. The number of likely N-dealkylation sites (tertiary alicyclic amines) is 1. The quantitative estimate of drug-likeness (QED) is 0.148. The van der Waals surface area contributed by atoms with Crippen LogP contribution in [-0.4, -0.2) is 61.7 Å². The molecule has 0 saturated carbocycles. The first-order chi connectivity index (χ1) is 22.3. The van der Waals surface area contributed by atoms with Gasteiger partial charge in [-0.05, 0) is 35.1 Å². The Morgan fingerprint density at radius 2 is 1.07 bits per heavy atom. The van der Waals surface area contributed by atoms with Gasteiger partial charge in [0.05, 0.1) is 51.3 Å². The largest absolute Gasteiger partial charge is 0.377 e. The van der Waals surface area contributed by atoms with Gasteiger partial charge in [0.15, 0.2) is 0 Å². The Morgan fingerprint density at radius 3 is 1.58 bits per heavy atom. The van der Waals surface area contributed by atoms with Crippen molar-refractivity contribution in [2.75, 3.05) is 26.3 Å². The minimum Gasteiger partial charge on any atom is -0.377 e. The van der Waals surface area contributed by atoms with Gasteiger partial charge in [-0.25, -0.2) is 0 Å². The lowest BCUT2D eigenvalue weighted by Gasteiger charge is -2.49. The zero-order chi connectivity index (χ0) is 30.5. The fourth-order valence-electron chi connectivity index (χ4n) is 6.31. The van der Waals surface area contributed by atoms with Crippen molar-refractivity contribution >= 4 is 0 Å². The van der Waals surface area contributed by atoms with Crippen LogP contribution in [0.2, 0.25) is 0 Å². The first kappa shape index (κ1) is 31.6. The van der Waals surface area contributed by atoms with Crippen molar-refractivity contribution in [2.24, 2.45) is 0 Å². The summed E-state index contributed by atoms with van der Waals surface area (Å²) < 4.78 is 33.1. The molecule has 0 aromatic heterocycles. The van der Waals surface area contributed by atoms with E-state index in [4.69, 9.17) is 23.7 Å². The van der Waals surface area contributed by atoms with E-state index in [9.17, 15) is 0 Å². The van der Waals surface area contributed by atoms with Gasteiger partial charge < -0.3 is 23.7 Å². The number of hydrogen-bond donors (Lipinski definition) is 0. The highest BCUT2D eigenvalue weighted by atomic mass is 16.6. The summed E-state index contributed by atoms with van der Waals surface area (Å²) in [5.41, 5.74) is 4.54. The van der Waals surface area contributed by atoms with Gasteiger partial charge in [0.25, 0.3) is 0 Å². The summed E-state index contributed by atoms with van der Waals surface area (Å²) in [6.45, 7) is 4.84. The van der Waals surface area contributed by atoms with E-state index in [1.54, 1.807) is 0 Å². The third-order valence-electron chi connectivity index (χ3n) is 8.69. The van der Waals surface area contributed by atoms with E-state index in [2.05, 4.69) is 102 Å². The average Bonchev–Trinajstić information content (AvgIpc) is 3.61. The van der Waals surface area contributed by atoms with Gasteiger partial charge in [0.1, 0.15) is 12.2 Å². The van der Waals surface area contributed by atoms with Crippen LogP contribution < -0.4 is 0 Å². The van der Waals surface area contributed by atoms with Gasteiger partial charge in [0, 0.05) is 19.7 Å². The highest BCUT2D eigenvalue weighted by Crippen LogP contribution is 2.30. The summed E-state index contributed by atoms with van der Waals surface area (Å²) >= 11 is 0. The molecule has 6 nitrogen and oxygen atoms in total. The highest BCUT2D eigenvalue weighted by molar-refractivity contribution is 5.16. The molecule has 4 aromatic rings. The maximum atomic E-state index is 6.89. The van der Waals surface area contributed by atoms with E-state index in [0.717, 1.165) is 48.2 Å². The van der Waals surface area contributed by atoms with Crippen LogP contribution in [0.1, 0.15) is 35.1 Å². The molecule has 2 saturated heterocycles. The molecule has 0 spiro atoms. The fourth-order valence-corrected chi connectivity index (χ4v) is 6.31. The van der Waals surface area contributed by atoms with E-state index in [0.29, 0.717) is 39.6 Å². The summed E-state index contributed by atoms with van der Waals surface area (Å²) in [6, 6.07) is 41.4. The minimum absolute atomic E-state index is 0.0426. The Kier molecular flexibility index (Phi) is 11.8. The van der Waals surface area contributed by atoms with E-state index in [1.165, 1.54) is 0 Å². The van der Waals surface area contributed by atoms with Crippen molar-refractivity contribution in [1.29, 1.82) is 0 Å². The maximum Gasteiger partial charge on any atom is 0.113 e. The van der Waals surface area contributed by atoms with E-state index in [-0.39, 0.29) is 30.5 Å². The molecule has 6 rings (SSSR count). The van der Waals surface area contributed by atoms with Gasteiger partial charge in [-0.2, -0.15) is 0 Å². The summed E-state index contributed by atoms with van der Waals surface area (Å²) in [6.07, 6.45) is 1.55. The molecule has 0 aliphatic carbocycles. The van der Waals surface area contributed by atoms with Crippen LogP contribution in [0.25, 0.3) is 0 Å². The summed E-state index contributed by atoms with van der Waals surface area (Å²) in [5.74, 6) is 0. The SMILES string of the molecule is c1ccc(COC[C@@H]2[C@@H](OCc3ccccc3)[C@H](OCc3ccccc3)[C@@H](OCc3ccccc3)CN2CC2CCCO2)cc1. The predicted molar refractivity (Wildman–Crippen MR) is 175 cm³/mol. The maximum absolute atomic E-state index is 6.89. The van der Waals surface area contributed by atoms with E-state index in [1.807, 2.05) is 24.3 Å². The Bertz CT molecular complexity index is 1370. The van der Waals surface area contributed by atoms with Crippen molar-refractivity contribution < 1.29 is 23.7 Å². The second-order valence-electron chi connectivity index (χ2n) is 12.0. The number of hydrogen-bond acceptors (Lipinski definition) is 6. The van der Waals surface area contributed by atoms with E-state index >= 15 is 0 Å². The lowest BCUT2D eigenvalue weighted by Crippen LogP contribution is -2.65. The fraction of sp³-hybridized carbons (Fsp3) is 0.385. The first-order valence-electron chi connectivity index (χ1n) is 16.3. The molecule has 0 radical (unpaired) electrons. The van der Waals surface area contributed by atoms with Gasteiger partial charge >= 0.3 is 0 Å². The minimum atomic E-state index is -0.302. The Morgan fingerprint density at radius 1 is 0.578 bits per heavy atom. The van der Waals surface area contributed by atoms with Crippen molar-refractivity contribution in [2.45, 2.75) is 69.7 Å². The smallest absolute Gasteiger partial charge is 0.113 e. The summed E-state index contributed by atoms with van der Waals surface area (Å²) in [5, 5.41) is 0. The number of nitrogens with zero attached hydrogens (tertiary/aromatic N) is 1. The van der Waals surface area contributed by atoms with Gasteiger partial charge in [-0.1, -0.05) is 121 Å². The van der Waals surface area contributed by atoms with Crippen LogP contribution in [0.4, 0.5) is 0 Å². The van der Waals surface area contributed by atoms with Gasteiger partial charge in [-0.15, -0.1) is 0 Å². The zero-order valence-corrected chi connectivity index (χ0v) is 26.0. The molecule has 1 unspecified atom stereocenters. The van der Waals surface area contributed by atoms with Crippen molar-refractivity contribution in [3.05, 3.63) is 144 Å². The van der Waals surface area contributed by atoms with Gasteiger partial charge in [0.2, 0.25) is 0 Å². The normalized spacial score (nSPS) is 23.7. The number of piperidine rings is 1. The second-order valence-corrected chi connectivity index (χ2v) is 12.0. The molecule has 0 amide bonds. The highest BCUT2D eigenvalue weighted by Gasteiger charge is 2.46. The molecule has 2 aliphatic heterocycles. The Hall–Kier alpha value is -3.36. The zero-order valence-electron chi connectivity index (χ0n) is 26.0. The van der Waals surface area contributed by atoms with Crippen molar-refractivity contribution in [3.8, 4) is 0 Å². The molecule has 2 heterocycles. The monoisotopic (exact) mass is 607 g/mol. The summed E-state index contributed by atoms with van der Waals surface area (Å²) in [7, 11) is 0. The second kappa shape index (κ2) is 16.8. The van der Waals surface area contributed by atoms with Crippen LogP contribution in [-0.2, 0) is 50.1 Å². The predicted octanol–water partition coefficient (Wildman–Crippen LogP) is 6.82. The van der Waals surface area contributed by atoms with E-state index < -0.39 is 0 Å². The van der Waals surface area contributed by atoms with Crippen LogP contribution in [0.3, 0.4) is 0 Å². The topological polar surface area (TPSA) is 49.4 Å². The Labute approximate surface area is 267 Å². The number of benzene rings is 4. The molecule has 6 heteroatoms. The lowest BCUT2D eigenvalue weighted by molar-refractivity contribution is -0.213. The standard InChI is InChI=1S/C39H45NO5/c1-5-14-31(15-6-1)26-41-30-36-38(44-28-33-18-9-3-10-19-33)39(45-29-34-20-11-4-12-21-34)37(43-27-32-16-7-2-8-17-32)25-40(36)24-35-22-13-23-42-35/h1-12,14-21,35-39H,13,22-30H2/t35?,36-,37+,38-,39-/m1/s1. The molecule has 0 bridgehead atoms. The van der Waals surface area contributed by atoms with Crippen LogP contribution >= 0.6 is 0 Å². The van der Waals surface area contributed by atoms with Crippen LogP contribution in [0.5, 0.6) is 0 Å². The van der Waals surface area contributed by atoms with Crippen LogP contribution in [0.15, 0.2) is 121 Å². The molecule has 45 heavy (non-hydrogen) atoms. The average molecular weight is 608 g/mol. The molecule has 2 aliphatic rings. The molecule has 4 aromatic carbocycles.